The molecule has 0 aromatic heterocycles. The highest BCUT2D eigenvalue weighted by molar-refractivity contribution is 5.83. The summed E-state index contributed by atoms with van der Waals surface area (Å²) in [5, 5.41) is 0. The van der Waals surface area contributed by atoms with Crippen molar-refractivity contribution in [3.63, 3.8) is 0 Å². The number of carbonyl (C=O) groups is 1. The molecule has 0 bridgehead atoms. The standard InChI is InChI=1S/C12H19F2NO3/c1-11(2)7-15(5-8(18-11)6-17-3)10(16)9-4-12(9,13)14/h8-9H,4-7H2,1-3H3. The van der Waals surface area contributed by atoms with Gasteiger partial charge in [0.05, 0.1) is 18.3 Å². The minimum absolute atomic E-state index is 0.255. The Morgan fingerprint density at radius 3 is 2.61 bits per heavy atom. The van der Waals surface area contributed by atoms with Gasteiger partial charge in [-0.2, -0.15) is 0 Å². The van der Waals surface area contributed by atoms with Gasteiger partial charge in [0.1, 0.15) is 5.92 Å². The van der Waals surface area contributed by atoms with E-state index in [1.807, 2.05) is 13.8 Å². The number of carbonyl (C=O) groups excluding carboxylic acids is 1. The number of amides is 1. The quantitative estimate of drug-likeness (QED) is 0.770. The summed E-state index contributed by atoms with van der Waals surface area (Å²) in [5.41, 5.74) is -0.527. The number of hydrogen-bond acceptors (Lipinski definition) is 3. The first-order valence-corrected chi connectivity index (χ1v) is 6.08. The maximum atomic E-state index is 12.9. The molecule has 1 aliphatic carbocycles. The zero-order chi connectivity index (χ0) is 13.6. The van der Waals surface area contributed by atoms with Crippen LogP contribution in [0.15, 0.2) is 0 Å². The van der Waals surface area contributed by atoms with Crippen LogP contribution in [0.3, 0.4) is 0 Å². The van der Waals surface area contributed by atoms with Gasteiger partial charge < -0.3 is 14.4 Å². The van der Waals surface area contributed by atoms with E-state index < -0.39 is 23.3 Å². The Kier molecular flexibility index (Phi) is 3.36. The summed E-state index contributed by atoms with van der Waals surface area (Å²) in [6.45, 7) is 4.72. The lowest BCUT2D eigenvalue weighted by Crippen LogP contribution is -2.56. The SMILES string of the molecule is COCC1CN(C(=O)C2CC2(F)F)CC(C)(C)O1. The first-order chi connectivity index (χ1) is 8.25. The molecule has 104 valence electrons. The van der Waals surface area contributed by atoms with Gasteiger partial charge in [-0.15, -0.1) is 0 Å². The van der Waals surface area contributed by atoms with E-state index in [1.165, 1.54) is 4.90 Å². The minimum atomic E-state index is -2.81. The molecule has 1 saturated heterocycles. The summed E-state index contributed by atoms with van der Waals surface area (Å²) >= 11 is 0. The zero-order valence-electron chi connectivity index (χ0n) is 10.9. The normalized spacial score (nSPS) is 33.3. The Morgan fingerprint density at radius 1 is 1.50 bits per heavy atom. The molecule has 4 nitrogen and oxygen atoms in total. The van der Waals surface area contributed by atoms with Crippen LogP contribution in [0.2, 0.25) is 0 Å². The van der Waals surface area contributed by atoms with Crippen molar-refractivity contribution in [1.29, 1.82) is 0 Å². The van der Waals surface area contributed by atoms with E-state index in [0.717, 1.165) is 0 Å². The predicted octanol–water partition coefficient (Wildman–Crippen LogP) is 1.29. The molecule has 2 rings (SSSR count). The molecule has 0 radical (unpaired) electrons. The Hall–Kier alpha value is -0.750. The van der Waals surface area contributed by atoms with Gasteiger partial charge in [0.2, 0.25) is 5.91 Å². The summed E-state index contributed by atoms with van der Waals surface area (Å²) in [6.07, 6.45) is -0.575. The summed E-state index contributed by atoms with van der Waals surface area (Å²) in [5.74, 6) is -4.40. The fourth-order valence-corrected chi connectivity index (χ4v) is 2.44. The van der Waals surface area contributed by atoms with Crippen molar-refractivity contribution >= 4 is 5.91 Å². The maximum Gasteiger partial charge on any atom is 0.260 e. The molecule has 0 N–H and O–H groups in total. The van der Waals surface area contributed by atoms with Crippen LogP contribution in [0.1, 0.15) is 20.3 Å². The molecular formula is C12H19F2NO3. The van der Waals surface area contributed by atoms with Crippen molar-refractivity contribution in [3.05, 3.63) is 0 Å². The molecule has 1 amide bonds. The van der Waals surface area contributed by atoms with Crippen LogP contribution in [-0.2, 0) is 14.3 Å². The number of morpholine rings is 1. The lowest BCUT2D eigenvalue weighted by Gasteiger charge is -2.42. The van der Waals surface area contributed by atoms with Crippen LogP contribution in [0.4, 0.5) is 8.78 Å². The average Bonchev–Trinajstić information content (AvgIpc) is 2.84. The van der Waals surface area contributed by atoms with E-state index in [-0.39, 0.29) is 12.5 Å². The zero-order valence-corrected chi connectivity index (χ0v) is 10.9. The molecule has 0 aromatic carbocycles. The molecule has 0 spiro atoms. The molecule has 1 heterocycles. The lowest BCUT2D eigenvalue weighted by molar-refractivity contribution is -0.171. The number of nitrogens with zero attached hydrogens (tertiary/aromatic N) is 1. The smallest absolute Gasteiger partial charge is 0.260 e. The Labute approximate surface area is 105 Å². The van der Waals surface area contributed by atoms with Crippen LogP contribution in [-0.4, -0.2) is 55.2 Å². The highest BCUT2D eigenvalue weighted by atomic mass is 19.3. The van der Waals surface area contributed by atoms with Crippen molar-refractivity contribution in [2.24, 2.45) is 5.92 Å². The van der Waals surface area contributed by atoms with Gasteiger partial charge >= 0.3 is 0 Å². The second-order valence-corrected chi connectivity index (χ2v) is 5.69. The van der Waals surface area contributed by atoms with Crippen molar-refractivity contribution in [3.8, 4) is 0 Å². The number of hydrogen-bond donors (Lipinski definition) is 0. The summed E-state index contributed by atoms with van der Waals surface area (Å²) in [6, 6.07) is 0. The molecule has 0 aromatic rings. The number of methoxy groups -OCH3 is 1. The minimum Gasteiger partial charge on any atom is -0.382 e. The van der Waals surface area contributed by atoms with Crippen LogP contribution < -0.4 is 0 Å². The molecular weight excluding hydrogens is 244 g/mol. The molecule has 18 heavy (non-hydrogen) atoms. The Balaban J connectivity index is 2.01. The second-order valence-electron chi connectivity index (χ2n) is 5.69. The molecule has 2 aliphatic rings. The van der Waals surface area contributed by atoms with Crippen molar-refractivity contribution < 1.29 is 23.0 Å². The number of rotatable bonds is 3. The van der Waals surface area contributed by atoms with Crippen LogP contribution in [0.5, 0.6) is 0 Å². The van der Waals surface area contributed by atoms with E-state index in [1.54, 1.807) is 7.11 Å². The first-order valence-electron chi connectivity index (χ1n) is 6.08. The molecule has 2 fully saturated rings. The second kappa shape index (κ2) is 4.42. The van der Waals surface area contributed by atoms with Gasteiger partial charge in [-0.3, -0.25) is 4.79 Å². The van der Waals surface area contributed by atoms with E-state index in [0.29, 0.717) is 19.7 Å². The molecule has 1 saturated carbocycles. The predicted molar refractivity (Wildman–Crippen MR) is 60.5 cm³/mol. The van der Waals surface area contributed by atoms with Gasteiger partial charge in [0.25, 0.3) is 5.92 Å². The van der Waals surface area contributed by atoms with Crippen molar-refractivity contribution in [2.45, 2.75) is 37.9 Å². The van der Waals surface area contributed by atoms with E-state index in [2.05, 4.69) is 0 Å². The number of ether oxygens (including phenoxy) is 2. The van der Waals surface area contributed by atoms with Crippen LogP contribution >= 0.6 is 0 Å². The van der Waals surface area contributed by atoms with E-state index in [4.69, 9.17) is 9.47 Å². The lowest BCUT2D eigenvalue weighted by atomic mass is 10.0. The Bertz CT molecular complexity index is 346. The van der Waals surface area contributed by atoms with Gasteiger partial charge in [-0.25, -0.2) is 8.78 Å². The van der Waals surface area contributed by atoms with Crippen LogP contribution in [0.25, 0.3) is 0 Å². The topological polar surface area (TPSA) is 38.8 Å². The fourth-order valence-electron chi connectivity index (χ4n) is 2.44. The third kappa shape index (κ3) is 2.80. The first kappa shape index (κ1) is 13.7. The molecule has 1 aliphatic heterocycles. The van der Waals surface area contributed by atoms with Gasteiger partial charge in [-0.05, 0) is 13.8 Å². The average molecular weight is 263 g/mol. The number of alkyl halides is 2. The fraction of sp³-hybridized carbons (Fsp3) is 0.917. The van der Waals surface area contributed by atoms with Crippen molar-refractivity contribution in [2.75, 3.05) is 26.8 Å². The van der Waals surface area contributed by atoms with Crippen LogP contribution in [0, 0.1) is 5.92 Å². The van der Waals surface area contributed by atoms with Gasteiger partial charge in [0.15, 0.2) is 0 Å². The molecule has 2 unspecified atom stereocenters. The highest BCUT2D eigenvalue weighted by Gasteiger charge is 2.62. The molecule has 2 atom stereocenters. The van der Waals surface area contributed by atoms with Gasteiger partial charge in [0, 0.05) is 26.6 Å². The third-order valence-corrected chi connectivity index (χ3v) is 3.27. The van der Waals surface area contributed by atoms with Crippen molar-refractivity contribution in [1.82, 2.24) is 4.90 Å². The largest absolute Gasteiger partial charge is 0.382 e. The Morgan fingerprint density at radius 2 is 2.11 bits per heavy atom. The van der Waals surface area contributed by atoms with Gasteiger partial charge in [-0.1, -0.05) is 0 Å². The monoisotopic (exact) mass is 263 g/mol. The third-order valence-electron chi connectivity index (χ3n) is 3.27. The maximum absolute atomic E-state index is 12.9. The summed E-state index contributed by atoms with van der Waals surface area (Å²) < 4.78 is 36.6. The number of halogens is 2. The van der Waals surface area contributed by atoms with E-state index in [9.17, 15) is 13.6 Å². The summed E-state index contributed by atoms with van der Waals surface area (Å²) in [4.78, 5) is 13.4. The highest BCUT2D eigenvalue weighted by Crippen LogP contribution is 2.49. The summed E-state index contributed by atoms with van der Waals surface area (Å²) in [7, 11) is 1.55. The van der Waals surface area contributed by atoms with E-state index >= 15 is 0 Å². The molecule has 6 heteroatoms.